The third-order valence-corrected chi connectivity index (χ3v) is 3.30. The number of nitrogen functional groups attached to an aromatic ring is 1. The fourth-order valence-electron chi connectivity index (χ4n) is 1.98. The Bertz CT molecular complexity index is 689. The fourth-order valence-corrected chi connectivity index (χ4v) is 1.98. The Morgan fingerprint density at radius 1 is 1.29 bits per heavy atom. The van der Waals surface area contributed by atoms with Gasteiger partial charge in [0, 0.05) is 24.7 Å². The molecule has 1 aromatic carbocycles. The van der Waals surface area contributed by atoms with Gasteiger partial charge in [0.2, 0.25) is 5.91 Å². The molecule has 0 atom stereocenters. The van der Waals surface area contributed by atoms with E-state index in [2.05, 4.69) is 10.6 Å². The summed E-state index contributed by atoms with van der Waals surface area (Å²) in [5.41, 5.74) is 6.20. The summed E-state index contributed by atoms with van der Waals surface area (Å²) in [4.78, 5) is 23.8. The zero-order valence-corrected chi connectivity index (χ0v) is 12.3. The van der Waals surface area contributed by atoms with Crippen LogP contribution in [0.4, 0.5) is 5.69 Å². The van der Waals surface area contributed by atoms with E-state index in [1.54, 1.807) is 45.2 Å². The maximum absolute atomic E-state index is 12.1. The molecular formula is C15H19N3O3. The van der Waals surface area contributed by atoms with E-state index < -0.39 is 5.41 Å². The number of amides is 2. The number of carbonyl (C=O) groups is 2. The molecular weight excluding hydrogens is 270 g/mol. The highest BCUT2D eigenvalue weighted by atomic mass is 16.3. The van der Waals surface area contributed by atoms with Gasteiger partial charge in [0.1, 0.15) is 5.58 Å². The van der Waals surface area contributed by atoms with E-state index in [0.717, 1.165) is 5.39 Å². The van der Waals surface area contributed by atoms with Crippen LogP contribution in [-0.4, -0.2) is 25.4 Å². The predicted octanol–water partition coefficient (Wildman–Crippen LogP) is 1.52. The normalized spacial score (nSPS) is 11.4. The molecule has 0 aliphatic carbocycles. The van der Waals surface area contributed by atoms with Gasteiger partial charge in [-0.05, 0) is 38.1 Å². The molecule has 0 unspecified atom stereocenters. The van der Waals surface area contributed by atoms with E-state index >= 15 is 0 Å². The maximum atomic E-state index is 12.1. The number of carbonyl (C=O) groups excluding carboxylic acids is 2. The number of fused-ring (bicyclic) bond motifs is 1. The highest BCUT2D eigenvalue weighted by Crippen LogP contribution is 2.22. The van der Waals surface area contributed by atoms with Gasteiger partial charge in [-0.15, -0.1) is 0 Å². The number of hydrogen-bond acceptors (Lipinski definition) is 4. The molecule has 2 aromatic rings. The lowest BCUT2D eigenvalue weighted by atomic mass is 9.92. The van der Waals surface area contributed by atoms with E-state index in [4.69, 9.17) is 10.2 Å². The number of anilines is 1. The van der Waals surface area contributed by atoms with Crippen molar-refractivity contribution in [3.63, 3.8) is 0 Å². The van der Waals surface area contributed by atoms with Crippen molar-refractivity contribution >= 4 is 28.5 Å². The lowest BCUT2D eigenvalue weighted by Gasteiger charge is -2.22. The van der Waals surface area contributed by atoms with Crippen LogP contribution in [0.3, 0.4) is 0 Å². The number of benzene rings is 1. The summed E-state index contributed by atoms with van der Waals surface area (Å²) in [6.45, 7) is 3.72. The van der Waals surface area contributed by atoms with Crippen LogP contribution >= 0.6 is 0 Å². The molecule has 6 heteroatoms. The molecule has 0 saturated heterocycles. The molecule has 112 valence electrons. The molecule has 4 N–H and O–H groups in total. The van der Waals surface area contributed by atoms with Gasteiger partial charge in [-0.25, -0.2) is 0 Å². The lowest BCUT2D eigenvalue weighted by molar-refractivity contribution is -0.128. The van der Waals surface area contributed by atoms with Crippen LogP contribution in [0.1, 0.15) is 24.4 Å². The van der Waals surface area contributed by atoms with Crippen molar-refractivity contribution in [2.24, 2.45) is 5.41 Å². The van der Waals surface area contributed by atoms with Crippen LogP contribution in [0, 0.1) is 5.41 Å². The summed E-state index contributed by atoms with van der Waals surface area (Å²) >= 11 is 0. The SMILES string of the molecule is CNC(=O)C(C)(C)CNC(=O)c1cc2cc(N)ccc2o1. The number of rotatable bonds is 4. The molecule has 0 aliphatic heterocycles. The van der Waals surface area contributed by atoms with Gasteiger partial charge in [-0.3, -0.25) is 9.59 Å². The second-order valence-corrected chi connectivity index (χ2v) is 5.55. The number of nitrogens with one attached hydrogen (secondary N) is 2. The van der Waals surface area contributed by atoms with Crippen molar-refractivity contribution < 1.29 is 14.0 Å². The van der Waals surface area contributed by atoms with E-state index in [9.17, 15) is 9.59 Å². The molecule has 1 aromatic heterocycles. The maximum Gasteiger partial charge on any atom is 0.287 e. The Kier molecular flexibility index (Phi) is 3.88. The van der Waals surface area contributed by atoms with E-state index in [-0.39, 0.29) is 24.1 Å². The van der Waals surface area contributed by atoms with Gasteiger partial charge in [0.05, 0.1) is 5.41 Å². The minimum Gasteiger partial charge on any atom is -0.451 e. The molecule has 0 aliphatic rings. The Balaban J connectivity index is 2.10. The van der Waals surface area contributed by atoms with Crippen LogP contribution < -0.4 is 16.4 Å². The van der Waals surface area contributed by atoms with Crippen molar-refractivity contribution in [2.75, 3.05) is 19.3 Å². The van der Waals surface area contributed by atoms with Crippen molar-refractivity contribution in [2.45, 2.75) is 13.8 Å². The van der Waals surface area contributed by atoms with E-state index in [1.807, 2.05) is 0 Å². The first-order chi connectivity index (χ1) is 9.83. The monoisotopic (exact) mass is 289 g/mol. The summed E-state index contributed by atoms with van der Waals surface area (Å²) in [5.74, 6) is -0.301. The van der Waals surface area contributed by atoms with Crippen LogP contribution in [-0.2, 0) is 4.79 Å². The van der Waals surface area contributed by atoms with Crippen LogP contribution in [0.25, 0.3) is 11.0 Å². The quantitative estimate of drug-likeness (QED) is 0.743. The molecule has 0 radical (unpaired) electrons. The second kappa shape index (κ2) is 5.47. The molecule has 0 saturated carbocycles. The largest absolute Gasteiger partial charge is 0.451 e. The number of hydrogen-bond donors (Lipinski definition) is 3. The van der Waals surface area contributed by atoms with Crippen molar-refractivity contribution in [3.8, 4) is 0 Å². The second-order valence-electron chi connectivity index (χ2n) is 5.55. The van der Waals surface area contributed by atoms with E-state index in [1.165, 1.54) is 0 Å². The molecule has 21 heavy (non-hydrogen) atoms. The predicted molar refractivity (Wildman–Crippen MR) is 80.8 cm³/mol. The summed E-state index contributed by atoms with van der Waals surface area (Å²) in [5, 5.41) is 6.04. The van der Waals surface area contributed by atoms with Crippen molar-refractivity contribution in [1.82, 2.24) is 10.6 Å². The first kappa shape index (κ1) is 14.9. The summed E-state index contributed by atoms with van der Waals surface area (Å²) in [7, 11) is 1.57. The molecule has 1 heterocycles. The van der Waals surface area contributed by atoms with Gasteiger partial charge < -0.3 is 20.8 Å². The molecule has 0 bridgehead atoms. The van der Waals surface area contributed by atoms with Gasteiger partial charge in [0.25, 0.3) is 5.91 Å². The Hall–Kier alpha value is -2.50. The van der Waals surface area contributed by atoms with Gasteiger partial charge >= 0.3 is 0 Å². The Morgan fingerprint density at radius 2 is 2.00 bits per heavy atom. The standard InChI is InChI=1S/C15H19N3O3/c1-15(2,14(20)17-3)8-18-13(19)12-7-9-6-10(16)4-5-11(9)21-12/h4-7H,8,16H2,1-3H3,(H,17,20)(H,18,19). The first-order valence-corrected chi connectivity index (χ1v) is 6.63. The molecule has 0 fully saturated rings. The minimum absolute atomic E-state index is 0.139. The van der Waals surface area contributed by atoms with Crippen LogP contribution in [0.5, 0.6) is 0 Å². The Labute approximate surface area is 122 Å². The third-order valence-electron chi connectivity index (χ3n) is 3.30. The average Bonchev–Trinajstić information content (AvgIpc) is 2.86. The zero-order valence-electron chi connectivity index (χ0n) is 12.3. The minimum atomic E-state index is -0.694. The molecule has 6 nitrogen and oxygen atoms in total. The topological polar surface area (TPSA) is 97.4 Å². The summed E-state index contributed by atoms with van der Waals surface area (Å²) in [6, 6.07) is 6.80. The van der Waals surface area contributed by atoms with Gasteiger partial charge in [0.15, 0.2) is 5.76 Å². The average molecular weight is 289 g/mol. The first-order valence-electron chi connectivity index (χ1n) is 6.63. The molecule has 2 amide bonds. The fraction of sp³-hybridized carbons (Fsp3) is 0.333. The van der Waals surface area contributed by atoms with Crippen LogP contribution in [0.15, 0.2) is 28.7 Å². The van der Waals surface area contributed by atoms with E-state index in [0.29, 0.717) is 11.3 Å². The summed E-state index contributed by atoms with van der Waals surface area (Å²) < 4.78 is 5.47. The van der Waals surface area contributed by atoms with Gasteiger partial charge in [-0.2, -0.15) is 0 Å². The highest BCUT2D eigenvalue weighted by Gasteiger charge is 2.27. The van der Waals surface area contributed by atoms with Crippen molar-refractivity contribution in [3.05, 3.63) is 30.0 Å². The number of nitrogens with two attached hydrogens (primary N) is 1. The highest BCUT2D eigenvalue weighted by molar-refractivity contribution is 5.97. The third kappa shape index (κ3) is 3.16. The number of furan rings is 1. The van der Waals surface area contributed by atoms with Crippen molar-refractivity contribution in [1.29, 1.82) is 0 Å². The van der Waals surface area contributed by atoms with Crippen LogP contribution in [0.2, 0.25) is 0 Å². The zero-order chi connectivity index (χ0) is 15.6. The smallest absolute Gasteiger partial charge is 0.287 e. The molecule has 2 rings (SSSR count). The molecule has 0 spiro atoms. The summed E-state index contributed by atoms with van der Waals surface area (Å²) in [6.07, 6.45) is 0. The Morgan fingerprint density at radius 3 is 2.67 bits per heavy atom. The van der Waals surface area contributed by atoms with Gasteiger partial charge in [-0.1, -0.05) is 0 Å². The lowest BCUT2D eigenvalue weighted by Crippen LogP contribution is -2.43.